The standard InChI is InChI=1S/C22H26N4O3/c1-29-20-9-7-17(13-24-20)22(28)26-10-2-3-18(14-26)19-8-6-16(12-23-19)21(27)25-11-15-4-5-15/h6-9,12-13,15,18H,2-5,10-11,14H2,1H3,(H,25,27)/t18-/m1/s1. The molecule has 7 nitrogen and oxygen atoms in total. The van der Waals surface area contributed by atoms with Gasteiger partial charge >= 0.3 is 0 Å². The third kappa shape index (κ3) is 4.72. The van der Waals surface area contributed by atoms with Crippen LogP contribution in [-0.2, 0) is 0 Å². The van der Waals surface area contributed by atoms with Gasteiger partial charge < -0.3 is 15.0 Å². The minimum absolute atomic E-state index is 0.0269. The van der Waals surface area contributed by atoms with Gasteiger partial charge in [0.15, 0.2) is 0 Å². The summed E-state index contributed by atoms with van der Waals surface area (Å²) in [6.07, 6.45) is 7.52. The van der Waals surface area contributed by atoms with Crippen molar-refractivity contribution in [3.05, 3.63) is 53.5 Å². The zero-order chi connectivity index (χ0) is 20.2. The molecular formula is C22H26N4O3. The average molecular weight is 394 g/mol. The van der Waals surface area contributed by atoms with Gasteiger partial charge in [-0.3, -0.25) is 14.6 Å². The average Bonchev–Trinajstić information content (AvgIpc) is 3.62. The number of likely N-dealkylation sites (tertiary alicyclic amines) is 1. The lowest BCUT2D eigenvalue weighted by Gasteiger charge is -2.32. The van der Waals surface area contributed by atoms with E-state index in [1.807, 2.05) is 17.0 Å². The number of methoxy groups -OCH3 is 1. The van der Waals surface area contributed by atoms with E-state index in [4.69, 9.17) is 4.74 Å². The van der Waals surface area contributed by atoms with Gasteiger partial charge in [0.05, 0.1) is 18.2 Å². The van der Waals surface area contributed by atoms with Crippen molar-refractivity contribution in [1.82, 2.24) is 20.2 Å². The number of piperidine rings is 1. The van der Waals surface area contributed by atoms with Crippen molar-refractivity contribution in [3.63, 3.8) is 0 Å². The Morgan fingerprint density at radius 2 is 1.90 bits per heavy atom. The van der Waals surface area contributed by atoms with Crippen LogP contribution in [0.2, 0.25) is 0 Å². The number of pyridine rings is 2. The van der Waals surface area contributed by atoms with Crippen LogP contribution in [0.4, 0.5) is 0 Å². The number of hydrogen-bond acceptors (Lipinski definition) is 5. The highest BCUT2D eigenvalue weighted by Crippen LogP contribution is 2.28. The number of carbonyl (C=O) groups is 2. The highest BCUT2D eigenvalue weighted by atomic mass is 16.5. The van der Waals surface area contributed by atoms with Crippen LogP contribution in [-0.4, -0.2) is 53.4 Å². The van der Waals surface area contributed by atoms with Crippen molar-refractivity contribution < 1.29 is 14.3 Å². The van der Waals surface area contributed by atoms with Gasteiger partial charge in [0.25, 0.3) is 11.8 Å². The van der Waals surface area contributed by atoms with Gasteiger partial charge in [0.1, 0.15) is 0 Å². The molecular weight excluding hydrogens is 368 g/mol. The van der Waals surface area contributed by atoms with Crippen molar-refractivity contribution in [2.75, 3.05) is 26.7 Å². The lowest BCUT2D eigenvalue weighted by Crippen LogP contribution is -2.39. The number of ether oxygens (including phenoxy) is 1. The SMILES string of the molecule is COc1ccc(C(=O)N2CCC[C@@H](c3ccc(C(=O)NCC4CC4)cn3)C2)cn1. The molecule has 1 aliphatic carbocycles. The van der Waals surface area contributed by atoms with Gasteiger partial charge in [0.2, 0.25) is 5.88 Å². The molecule has 0 bridgehead atoms. The summed E-state index contributed by atoms with van der Waals surface area (Å²) in [5, 5.41) is 2.96. The largest absolute Gasteiger partial charge is 0.481 e. The summed E-state index contributed by atoms with van der Waals surface area (Å²) in [6.45, 7) is 2.09. The molecule has 2 amide bonds. The van der Waals surface area contributed by atoms with Crippen LogP contribution >= 0.6 is 0 Å². The monoisotopic (exact) mass is 394 g/mol. The Kier molecular flexibility index (Phi) is 5.74. The molecule has 1 saturated carbocycles. The van der Waals surface area contributed by atoms with Crippen LogP contribution in [0.15, 0.2) is 36.7 Å². The number of rotatable bonds is 6. The minimum atomic E-state index is -0.0663. The van der Waals surface area contributed by atoms with E-state index in [2.05, 4.69) is 15.3 Å². The Morgan fingerprint density at radius 1 is 1.10 bits per heavy atom. The maximum atomic E-state index is 12.8. The fourth-order valence-electron chi connectivity index (χ4n) is 3.66. The predicted molar refractivity (Wildman–Crippen MR) is 108 cm³/mol. The van der Waals surface area contributed by atoms with Crippen LogP contribution in [0.1, 0.15) is 58.0 Å². The Labute approximate surface area is 170 Å². The molecule has 0 spiro atoms. The first-order chi connectivity index (χ1) is 14.1. The van der Waals surface area contributed by atoms with E-state index in [-0.39, 0.29) is 17.7 Å². The molecule has 2 aliphatic rings. The Morgan fingerprint density at radius 3 is 2.55 bits per heavy atom. The molecule has 0 unspecified atom stereocenters. The van der Waals surface area contributed by atoms with E-state index in [0.717, 1.165) is 31.6 Å². The van der Waals surface area contributed by atoms with Crippen molar-refractivity contribution in [2.45, 2.75) is 31.6 Å². The molecule has 0 radical (unpaired) electrons. The molecule has 0 aromatic carbocycles. The van der Waals surface area contributed by atoms with Crippen molar-refractivity contribution in [1.29, 1.82) is 0 Å². The number of amides is 2. The molecule has 1 N–H and O–H groups in total. The minimum Gasteiger partial charge on any atom is -0.481 e. The smallest absolute Gasteiger partial charge is 0.255 e. The van der Waals surface area contributed by atoms with Crippen molar-refractivity contribution in [2.24, 2.45) is 5.92 Å². The topological polar surface area (TPSA) is 84.4 Å². The lowest BCUT2D eigenvalue weighted by molar-refractivity contribution is 0.0705. The normalized spacial score (nSPS) is 18.9. The molecule has 152 valence electrons. The molecule has 7 heteroatoms. The van der Waals surface area contributed by atoms with Crippen molar-refractivity contribution >= 4 is 11.8 Å². The Bertz CT molecular complexity index is 863. The van der Waals surface area contributed by atoms with E-state index < -0.39 is 0 Å². The maximum absolute atomic E-state index is 12.8. The second-order valence-electron chi connectivity index (χ2n) is 7.80. The zero-order valence-electron chi connectivity index (χ0n) is 16.6. The number of nitrogens with zero attached hydrogens (tertiary/aromatic N) is 3. The van der Waals surface area contributed by atoms with Crippen LogP contribution < -0.4 is 10.1 Å². The quantitative estimate of drug-likeness (QED) is 0.814. The molecule has 29 heavy (non-hydrogen) atoms. The number of hydrogen-bond donors (Lipinski definition) is 1. The summed E-state index contributed by atoms with van der Waals surface area (Å²) in [5.41, 5.74) is 2.07. The lowest BCUT2D eigenvalue weighted by atomic mass is 9.93. The van der Waals surface area contributed by atoms with Crippen molar-refractivity contribution in [3.8, 4) is 5.88 Å². The molecule has 1 saturated heterocycles. The van der Waals surface area contributed by atoms with Crippen LogP contribution in [0, 0.1) is 5.92 Å². The number of aromatic nitrogens is 2. The van der Waals surface area contributed by atoms with E-state index in [1.165, 1.54) is 12.8 Å². The highest BCUT2D eigenvalue weighted by Gasteiger charge is 2.27. The summed E-state index contributed by atoms with van der Waals surface area (Å²) >= 11 is 0. The summed E-state index contributed by atoms with van der Waals surface area (Å²) in [4.78, 5) is 35.5. The molecule has 2 aromatic heterocycles. The van der Waals surface area contributed by atoms with E-state index >= 15 is 0 Å². The third-order valence-electron chi connectivity index (χ3n) is 5.62. The first-order valence-electron chi connectivity index (χ1n) is 10.2. The summed E-state index contributed by atoms with van der Waals surface area (Å²) < 4.78 is 5.05. The van der Waals surface area contributed by atoms with E-state index in [9.17, 15) is 9.59 Å². The van der Waals surface area contributed by atoms with E-state index in [1.54, 1.807) is 31.6 Å². The number of nitrogens with one attached hydrogen (secondary N) is 1. The summed E-state index contributed by atoms with van der Waals surface area (Å²) in [7, 11) is 1.55. The third-order valence-corrected chi connectivity index (χ3v) is 5.62. The molecule has 1 atom stereocenters. The first kappa shape index (κ1) is 19.4. The molecule has 4 rings (SSSR count). The molecule has 2 fully saturated rings. The van der Waals surface area contributed by atoms with Crippen LogP contribution in [0.3, 0.4) is 0 Å². The Hall–Kier alpha value is -2.96. The molecule has 1 aliphatic heterocycles. The zero-order valence-corrected chi connectivity index (χ0v) is 16.6. The van der Waals surface area contributed by atoms with E-state index in [0.29, 0.717) is 29.5 Å². The summed E-state index contributed by atoms with van der Waals surface area (Å²) in [6, 6.07) is 7.19. The second kappa shape index (κ2) is 8.59. The highest BCUT2D eigenvalue weighted by molar-refractivity contribution is 5.94. The van der Waals surface area contributed by atoms with Gasteiger partial charge in [-0.05, 0) is 49.8 Å². The second-order valence-corrected chi connectivity index (χ2v) is 7.80. The maximum Gasteiger partial charge on any atom is 0.255 e. The van der Waals surface area contributed by atoms with Gasteiger partial charge in [-0.25, -0.2) is 4.98 Å². The molecule has 2 aromatic rings. The van der Waals surface area contributed by atoms with Gasteiger partial charge in [0, 0.05) is 49.7 Å². The number of carbonyl (C=O) groups excluding carboxylic acids is 2. The molecule has 3 heterocycles. The Balaban J connectivity index is 1.38. The van der Waals surface area contributed by atoms with Gasteiger partial charge in [-0.2, -0.15) is 0 Å². The first-order valence-corrected chi connectivity index (χ1v) is 10.2. The van der Waals surface area contributed by atoms with Gasteiger partial charge in [-0.15, -0.1) is 0 Å². The van der Waals surface area contributed by atoms with Crippen LogP contribution in [0.5, 0.6) is 5.88 Å². The van der Waals surface area contributed by atoms with Crippen LogP contribution in [0.25, 0.3) is 0 Å². The fraction of sp³-hybridized carbons (Fsp3) is 0.455. The summed E-state index contributed by atoms with van der Waals surface area (Å²) in [5.74, 6) is 1.22. The fourth-order valence-corrected chi connectivity index (χ4v) is 3.66. The van der Waals surface area contributed by atoms with Gasteiger partial charge in [-0.1, -0.05) is 0 Å². The predicted octanol–water partition coefficient (Wildman–Crippen LogP) is 2.64.